The number of hydrogen-bond donors (Lipinski definition) is 0. The van der Waals surface area contributed by atoms with E-state index >= 15 is 0 Å². The Kier molecular flexibility index (Phi) is 4.46. The van der Waals surface area contributed by atoms with Crippen molar-refractivity contribution in [1.29, 1.82) is 5.26 Å². The molecule has 1 saturated heterocycles. The fourth-order valence-corrected chi connectivity index (χ4v) is 3.40. The smallest absolute Gasteiger partial charge is 0.257 e. The Hall–Kier alpha value is -3.04. The number of rotatable bonds is 3. The summed E-state index contributed by atoms with van der Waals surface area (Å²) in [7, 11) is 0. The average Bonchev–Trinajstić information content (AvgIpc) is 3.17. The molecule has 0 aliphatic carbocycles. The molecule has 1 atom stereocenters. The molecule has 0 saturated carbocycles. The van der Waals surface area contributed by atoms with Gasteiger partial charge in [0.25, 0.3) is 5.91 Å². The van der Waals surface area contributed by atoms with Gasteiger partial charge in [-0.05, 0) is 17.7 Å². The van der Waals surface area contributed by atoms with Gasteiger partial charge in [0.05, 0.1) is 11.6 Å². The molecule has 4 rings (SSSR count). The first-order chi connectivity index (χ1) is 12.8. The first-order valence-electron chi connectivity index (χ1n) is 8.62. The summed E-state index contributed by atoms with van der Waals surface area (Å²) in [6.07, 6.45) is 0. The molecule has 0 aromatic heterocycles. The highest BCUT2D eigenvalue weighted by molar-refractivity contribution is 5.98. The maximum Gasteiger partial charge on any atom is 0.257 e. The Morgan fingerprint density at radius 2 is 1.96 bits per heavy atom. The van der Waals surface area contributed by atoms with E-state index in [4.69, 9.17) is 9.47 Å². The largest absolute Gasteiger partial charge is 0.454 e. The van der Waals surface area contributed by atoms with Gasteiger partial charge < -0.3 is 14.4 Å². The van der Waals surface area contributed by atoms with Crippen LogP contribution in [-0.2, 0) is 6.54 Å². The summed E-state index contributed by atoms with van der Waals surface area (Å²) >= 11 is 0. The predicted octanol–water partition coefficient (Wildman–Crippen LogP) is 2.27. The third kappa shape index (κ3) is 3.09. The number of nitrogens with zero attached hydrogens (tertiary/aromatic N) is 3. The number of para-hydroxylation sites is 1. The molecular weight excluding hydrogens is 330 g/mol. The van der Waals surface area contributed by atoms with Crippen LogP contribution >= 0.6 is 0 Å². The van der Waals surface area contributed by atoms with Crippen LogP contribution in [0.2, 0.25) is 0 Å². The lowest BCUT2D eigenvalue weighted by atomic mass is 10.1. The van der Waals surface area contributed by atoms with E-state index in [0.29, 0.717) is 43.2 Å². The highest BCUT2D eigenvalue weighted by Gasteiger charge is 2.32. The number of carbonyl (C=O) groups excluding carboxylic acids is 1. The van der Waals surface area contributed by atoms with Crippen molar-refractivity contribution in [2.24, 2.45) is 0 Å². The number of benzene rings is 2. The second-order valence-corrected chi connectivity index (χ2v) is 6.39. The van der Waals surface area contributed by atoms with Crippen molar-refractivity contribution in [1.82, 2.24) is 9.80 Å². The van der Waals surface area contributed by atoms with Gasteiger partial charge in [0.15, 0.2) is 11.5 Å². The molecule has 2 aliphatic rings. The molecule has 132 valence electrons. The van der Waals surface area contributed by atoms with Gasteiger partial charge in [0, 0.05) is 26.2 Å². The van der Waals surface area contributed by atoms with Crippen LogP contribution in [0, 0.1) is 11.3 Å². The van der Waals surface area contributed by atoms with E-state index in [-0.39, 0.29) is 18.7 Å². The number of carbonyl (C=O) groups is 1. The van der Waals surface area contributed by atoms with Crippen molar-refractivity contribution in [2.45, 2.75) is 12.6 Å². The maximum atomic E-state index is 12.9. The summed E-state index contributed by atoms with van der Waals surface area (Å²) in [5, 5.41) is 9.59. The molecule has 6 heteroatoms. The lowest BCUT2D eigenvalue weighted by Crippen LogP contribution is -2.53. The molecule has 2 aromatic rings. The van der Waals surface area contributed by atoms with E-state index in [1.807, 2.05) is 18.2 Å². The van der Waals surface area contributed by atoms with E-state index in [1.165, 1.54) is 5.56 Å². The van der Waals surface area contributed by atoms with Crippen molar-refractivity contribution in [2.75, 3.05) is 26.4 Å². The summed E-state index contributed by atoms with van der Waals surface area (Å²) in [6.45, 7) is 2.45. The van der Waals surface area contributed by atoms with E-state index in [2.05, 4.69) is 23.1 Å². The van der Waals surface area contributed by atoms with Crippen molar-refractivity contribution < 1.29 is 14.3 Å². The first-order valence-corrected chi connectivity index (χ1v) is 8.62. The summed E-state index contributed by atoms with van der Waals surface area (Å²) in [4.78, 5) is 16.8. The van der Waals surface area contributed by atoms with Crippen molar-refractivity contribution >= 4 is 5.91 Å². The zero-order valence-electron chi connectivity index (χ0n) is 14.3. The van der Waals surface area contributed by atoms with Gasteiger partial charge in [-0.2, -0.15) is 5.26 Å². The Bertz CT molecular complexity index is 847. The number of piperazine rings is 1. The van der Waals surface area contributed by atoms with E-state index < -0.39 is 0 Å². The second-order valence-electron chi connectivity index (χ2n) is 6.39. The minimum absolute atomic E-state index is 0.119. The Morgan fingerprint density at radius 1 is 1.12 bits per heavy atom. The minimum Gasteiger partial charge on any atom is -0.454 e. The highest BCUT2D eigenvalue weighted by Crippen LogP contribution is 2.36. The highest BCUT2D eigenvalue weighted by atomic mass is 16.7. The number of fused-ring (bicyclic) bond motifs is 1. The summed E-state index contributed by atoms with van der Waals surface area (Å²) in [5.74, 6) is 0.972. The molecule has 2 aromatic carbocycles. The first kappa shape index (κ1) is 16.4. The Morgan fingerprint density at radius 3 is 2.77 bits per heavy atom. The van der Waals surface area contributed by atoms with E-state index in [0.717, 1.165) is 0 Å². The lowest BCUT2D eigenvalue weighted by molar-refractivity contribution is 0.0548. The van der Waals surface area contributed by atoms with Gasteiger partial charge >= 0.3 is 0 Å². The molecule has 26 heavy (non-hydrogen) atoms. The number of ether oxygens (including phenoxy) is 2. The van der Waals surface area contributed by atoms with Crippen LogP contribution in [0.4, 0.5) is 0 Å². The van der Waals surface area contributed by atoms with Crippen LogP contribution in [0.3, 0.4) is 0 Å². The average molecular weight is 349 g/mol. The third-order valence-corrected chi connectivity index (χ3v) is 4.78. The number of hydrogen-bond acceptors (Lipinski definition) is 5. The molecule has 2 heterocycles. The van der Waals surface area contributed by atoms with Crippen LogP contribution in [0.15, 0.2) is 48.5 Å². The zero-order chi connectivity index (χ0) is 17.9. The van der Waals surface area contributed by atoms with Gasteiger partial charge in [-0.25, -0.2) is 0 Å². The van der Waals surface area contributed by atoms with Crippen molar-refractivity contribution in [3.8, 4) is 17.6 Å². The molecule has 0 radical (unpaired) electrons. The number of nitriles is 1. The van der Waals surface area contributed by atoms with Gasteiger partial charge in [-0.15, -0.1) is 0 Å². The summed E-state index contributed by atoms with van der Waals surface area (Å²) in [5.41, 5.74) is 1.66. The monoisotopic (exact) mass is 349 g/mol. The van der Waals surface area contributed by atoms with Gasteiger partial charge in [-0.1, -0.05) is 36.4 Å². The van der Waals surface area contributed by atoms with E-state index in [1.54, 1.807) is 23.1 Å². The van der Waals surface area contributed by atoms with Gasteiger partial charge in [0.2, 0.25) is 6.79 Å². The summed E-state index contributed by atoms with van der Waals surface area (Å²) < 4.78 is 10.8. The van der Waals surface area contributed by atoms with Crippen molar-refractivity contribution in [3.63, 3.8) is 0 Å². The Labute approximate surface area is 152 Å². The lowest BCUT2D eigenvalue weighted by Gasteiger charge is -2.38. The van der Waals surface area contributed by atoms with Crippen LogP contribution < -0.4 is 9.47 Å². The van der Waals surface area contributed by atoms with Crippen LogP contribution in [0.1, 0.15) is 15.9 Å². The second kappa shape index (κ2) is 7.06. The Balaban J connectivity index is 1.48. The fourth-order valence-electron chi connectivity index (χ4n) is 3.40. The fraction of sp³-hybridized carbons (Fsp3) is 0.300. The van der Waals surface area contributed by atoms with Gasteiger partial charge in [-0.3, -0.25) is 9.69 Å². The summed E-state index contributed by atoms with van der Waals surface area (Å²) in [6, 6.07) is 17.4. The normalized spacial score (nSPS) is 19.2. The van der Waals surface area contributed by atoms with Crippen molar-refractivity contribution in [3.05, 3.63) is 59.7 Å². The SMILES string of the molecule is N#CC1CN(C(=O)c2cccc3c2OCO3)CCN1Cc1ccccc1. The molecule has 0 N–H and O–H groups in total. The molecular formula is C20H19N3O3. The maximum absolute atomic E-state index is 12.9. The molecule has 0 bridgehead atoms. The van der Waals surface area contributed by atoms with E-state index in [9.17, 15) is 10.1 Å². The quantitative estimate of drug-likeness (QED) is 0.850. The van der Waals surface area contributed by atoms with Crippen LogP contribution in [0.25, 0.3) is 0 Å². The molecule has 6 nitrogen and oxygen atoms in total. The van der Waals surface area contributed by atoms with Crippen LogP contribution in [-0.4, -0.2) is 48.2 Å². The standard InChI is InChI=1S/C20H19N3O3/c21-11-16-13-23(10-9-22(16)12-15-5-2-1-3-6-15)20(24)17-7-4-8-18-19(17)26-14-25-18/h1-8,16H,9-10,12-14H2. The molecule has 2 aliphatic heterocycles. The van der Waals surface area contributed by atoms with Crippen LogP contribution in [0.5, 0.6) is 11.5 Å². The topological polar surface area (TPSA) is 65.8 Å². The molecule has 1 unspecified atom stereocenters. The molecule has 0 spiro atoms. The molecule has 1 amide bonds. The predicted molar refractivity (Wildman–Crippen MR) is 94.7 cm³/mol. The zero-order valence-corrected chi connectivity index (χ0v) is 14.3. The minimum atomic E-state index is -0.332. The van der Waals surface area contributed by atoms with Gasteiger partial charge in [0.1, 0.15) is 6.04 Å². The third-order valence-electron chi connectivity index (χ3n) is 4.78. The number of amides is 1. The molecule has 1 fully saturated rings.